The van der Waals surface area contributed by atoms with Gasteiger partial charge in [-0.1, -0.05) is 33.6 Å². The number of hydrogen-bond acceptors (Lipinski definition) is 5. The quantitative estimate of drug-likeness (QED) is 0.849. The van der Waals surface area contributed by atoms with E-state index in [0.29, 0.717) is 5.92 Å². The molecule has 3 rings (SSSR count). The lowest BCUT2D eigenvalue weighted by Crippen LogP contribution is -2.49. The second-order valence-electron chi connectivity index (χ2n) is 6.86. The standard InChI is InChI=1S/C17H27N5O/c1-5-6-7-14-9-21(10-16(23-14)12(2)3)15-8-13(4)20-22-11-18-19-17(15)22/h8,11-12,14,16H,5-7,9-10H2,1-4H3/t14-,16-/m1/s1. The van der Waals surface area contributed by atoms with E-state index in [1.807, 2.05) is 6.92 Å². The number of morpholine rings is 1. The molecular formula is C17H27N5O. The van der Waals surface area contributed by atoms with Crippen LogP contribution in [0.2, 0.25) is 0 Å². The fourth-order valence-electron chi connectivity index (χ4n) is 3.19. The van der Waals surface area contributed by atoms with Crippen LogP contribution >= 0.6 is 0 Å². The molecule has 3 heterocycles. The van der Waals surface area contributed by atoms with Crippen molar-refractivity contribution in [3.05, 3.63) is 18.1 Å². The van der Waals surface area contributed by atoms with E-state index >= 15 is 0 Å². The Morgan fingerprint density at radius 3 is 2.91 bits per heavy atom. The van der Waals surface area contributed by atoms with Crippen LogP contribution in [0.5, 0.6) is 0 Å². The van der Waals surface area contributed by atoms with Gasteiger partial charge in [0.1, 0.15) is 6.33 Å². The number of hydrogen-bond donors (Lipinski definition) is 0. The summed E-state index contributed by atoms with van der Waals surface area (Å²) in [6.45, 7) is 10.5. The fourth-order valence-corrected chi connectivity index (χ4v) is 3.19. The molecule has 6 nitrogen and oxygen atoms in total. The Morgan fingerprint density at radius 2 is 2.17 bits per heavy atom. The molecule has 1 fully saturated rings. The van der Waals surface area contributed by atoms with Crippen LogP contribution in [0, 0.1) is 12.8 Å². The molecule has 0 bridgehead atoms. The second-order valence-corrected chi connectivity index (χ2v) is 6.86. The second kappa shape index (κ2) is 6.83. The highest BCUT2D eigenvalue weighted by Gasteiger charge is 2.30. The predicted molar refractivity (Wildman–Crippen MR) is 90.8 cm³/mol. The summed E-state index contributed by atoms with van der Waals surface area (Å²) in [5.41, 5.74) is 2.92. The minimum absolute atomic E-state index is 0.252. The molecule has 0 aliphatic carbocycles. The van der Waals surface area contributed by atoms with Crippen LogP contribution in [0.15, 0.2) is 12.4 Å². The van der Waals surface area contributed by atoms with E-state index in [1.54, 1.807) is 10.8 Å². The van der Waals surface area contributed by atoms with E-state index in [1.165, 1.54) is 12.8 Å². The zero-order valence-corrected chi connectivity index (χ0v) is 14.6. The third kappa shape index (κ3) is 3.47. The average Bonchev–Trinajstić information content (AvgIpc) is 2.99. The van der Waals surface area contributed by atoms with E-state index < -0.39 is 0 Å². The monoisotopic (exact) mass is 317 g/mol. The van der Waals surface area contributed by atoms with Gasteiger partial charge in [-0.15, -0.1) is 10.2 Å². The summed E-state index contributed by atoms with van der Waals surface area (Å²) in [6.07, 6.45) is 5.73. The SMILES string of the molecule is CCCC[C@@H]1CN(c2cc(C)nn3cnnc23)C[C@H](C(C)C)O1. The molecule has 0 N–H and O–H groups in total. The van der Waals surface area contributed by atoms with E-state index in [4.69, 9.17) is 4.74 Å². The fraction of sp³-hybridized carbons (Fsp3) is 0.706. The maximum atomic E-state index is 6.33. The Kier molecular flexibility index (Phi) is 4.80. The summed E-state index contributed by atoms with van der Waals surface area (Å²) < 4.78 is 8.09. The van der Waals surface area contributed by atoms with Crippen LogP contribution in [0.4, 0.5) is 5.69 Å². The number of anilines is 1. The van der Waals surface area contributed by atoms with Gasteiger partial charge in [-0.25, -0.2) is 0 Å². The van der Waals surface area contributed by atoms with Gasteiger partial charge in [0.25, 0.3) is 0 Å². The van der Waals surface area contributed by atoms with Crippen molar-refractivity contribution in [3.63, 3.8) is 0 Å². The van der Waals surface area contributed by atoms with Gasteiger partial charge in [-0.05, 0) is 25.3 Å². The van der Waals surface area contributed by atoms with E-state index in [9.17, 15) is 0 Å². The lowest BCUT2D eigenvalue weighted by Gasteiger charge is -2.41. The molecule has 23 heavy (non-hydrogen) atoms. The molecule has 2 aromatic rings. The van der Waals surface area contributed by atoms with Crippen LogP contribution in [0.3, 0.4) is 0 Å². The molecule has 0 unspecified atom stereocenters. The molecule has 0 aromatic carbocycles. The van der Waals surface area contributed by atoms with Crippen LogP contribution in [0.1, 0.15) is 45.7 Å². The summed E-state index contributed by atoms with van der Waals surface area (Å²) in [6, 6.07) is 2.11. The third-order valence-electron chi connectivity index (χ3n) is 4.53. The smallest absolute Gasteiger partial charge is 0.200 e. The summed E-state index contributed by atoms with van der Waals surface area (Å²) in [7, 11) is 0. The van der Waals surface area contributed by atoms with Gasteiger partial charge in [0.05, 0.1) is 23.6 Å². The first kappa shape index (κ1) is 16.2. The normalized spacial score (nSPS) is 22.2. The number of ether oxygens (including phenoxy) is 1. The topological polar surface area (TPSA) is 55.6 Å². The van der Waals surface area contributed by atoms with Crippen molar-refractivity contribution in [2.24, 2.45) is 5.92 Å². The number of nitrogens with zero attached hydrogens (tertiary/aromatic N) is 5. The minimum Gasteiger partial charge on any atom is -0.371 e. The first-order valence-corrected chi connectivity index (χ1v) is 8.66. The van der Waals surface area contributed by atoms with Crippen molar-refractivity contribution in [1.82, 2.24) is 19.8 Å². The van der Waals surface area contributed by atoms with Gasteiger partial charge in [-0.2, -0.15) is 9.61 Å². The Bertz CT molecular complexity index is 653. The van der Waals surface area contributed by atoms with E-state index in [2.05, 4.69) is 47.0 Å². The molecule has 1 saturated heterocycles. The first-order chi connectivity index (χ1) is 11.1. The van der Waals surface area contributed by atoms with Crippen molar-refractivity contribution in [3.8, 4) is 0 Å². The first-order valence-electron chi connectivity index (χ1n) is 8.66. The van der Waals surface area contributed by atoms with Crippen molar-refractivity contribution in [2.45, 2.75) is 59.2 Å². The molecule has 0 amide bonds. The molecule has 1 aliphatic rings. The van der Waals surface area contributed by atoms with Gasteiger partial charge in [0.15, 0.2) is 0 Å². The number of fused-ring (bicyclic) bond motifs is 1. The van der Waals surface area contributed by atoms with Gasteiger partial charge in [0.2, 0.25) is 5.65 Å². The van der Waals surface area contributed by atoms with Crippen molar-refractivity contribution >= 4 is 11.3 Å². The third-order valence-corrected chi connectivity index (χ3v) is 4.53. The molecule has 0 spiro atoms. The van der Waals surface area contributed by atoms with Gasteiger partial charge >= 0.3 is 0 Å². The molecule has 2 aromatic heterocycles. The van der Waals surface area contributed by atoms with Crippen LogP contribution in [0.25, 0.3) is 5.65 Å². The molecular weight excluding hydrogens is 290 g/mol. The zero-order chi connectivity index (χ0) is 16.4. The number of unbranched alkanes of at least 4 members (excludes halogenated alkanes) is 1. The number of aryl methyl sites for hydroxylation is 1. The number of rotatable bonds is 5. The van der Waals surface area contributed by atoms with Gasteiger partial charge < -0.3 is 9.64 Å². The predicted octanol–water partition coefficient (Wildman–Crippen LogP) is 2.85. The van der Waals surface area contributed by atoms with Gasteiger partial charge in [0, 0.05) is 13.1 Å². The molecule has 0 radical (unpaired) electrons. The maximum absolute atomic E-state index is 6.33. The highest BCUT2D eigenvalue weighted by atomic mass is 16.5. The molecule has 2 atom stereocenters. The summed E-state index contributed by atoms with van der Waals surface area (Å²) in [4.78, 5) is 2.41. The van der Waals surface area contributed by atoms with E-state index in [-0.39, 0.29) is 12.2 Å². The Morgan fingerprint density at radius 1 is 1.35 bits per heavy atom. The highest BCUT2D eigenvalue weighted by molar-refractivity contribution is 5.68. The summed E-state index contributed by atoms with van der Waals surface area (Å²) in [5.74, 6) is 0.499. The van der Waals surface area contributed by atoms with Crippen molar-refractivity contribution < 1.29 is 4.74 Å². The Labute approximate surface area is 137 Å². The van der Waals surface area contributed by atoms with Crippen molar-refractivity contribution in [1.29, 1.82) is 0 Å². The van der Waals surface area contributed by atoms with Crippen LogP contribution in [-0.2, 0) is 4.74 Å². The molecule has 126 valence electrons. The van der Waals surface area contributed by atoms with Crippen molar-refractivity contribution in [2.75, 3.05) is 18.0 Å². The maximum Gasteiger partial charge on any atom is 0.200 e. The lowest BCUT2D eigenvalue weighted by molar-refractivity contribution is -0.0518. The number of aromatic nitrogens is 4. The molecule has 6 heteroatoms. The van der Waals surface area contributed by atoms with Gasteiger partial charge in [-0.3, -0.25) is 0 Å². The largest absolute Gasteiger partial charge is 0.371 e. The summed E-state index contributed by atoms with van der Waals surface area (Å²) >= 11 is 0. The summed E-state index contributed by atoms with van der Waals surface area (Å²) in [5, 5.41) is 12.7. The molecule has 0 saturated carbocycles. The average molecular weight is 317 g/mol. The Hall–Kier alpha value is -1.69. The van der Waals surface area contributed by atoms with Crippen LogP contribution in [-0.4, -0.2) is 45.1 Å². The highest BCUT2D eigenvalue weighted by Crippen LogP contribution is 2.28. The van der Waals surface area contributed by atoms with E-state index in [0.717, 1.165) is 36.5 Å². The zero-order valence-electron chi connectivity index (χ0n) is 14.6. The Balaban J connectivity index is 1.90. The molecule has 1 aliphatic heterocycles. The minimum atomic E-state index is 0.252. The lowest BCUT2D eigenvalue weighted by atomic mass is 10.0. The van der Waals surface area contributed by atoms with Crippen LogP contribution < -0.4 is 4.90 Å².